The fourth-order valence-corrected chi connectivity index (χ4v) is 7.43. The summed E-state index contributed by atoms with van der Waals surface area (Å²) in [5, 5.41) is 0. The first-order chi connectivity index (χ1) is 27.3. The van der Waals surface area contributed by atoms with Crippen molar-refractivity contribution in [1.29, 1.82) is 0 Å². The van der Waals surface area contributed by atoms with E-state index in [4.69, 9.17) is 14.2 Å². The van der Waals surface area contributed by atoms with Crippen molar-refractivity contribution < 1.29 is 28.6 Å². The molecule has 0 saturated heterocycles. The summed E-state index contributed by atoms with van der Waals surface area (Å²) in [5.41, 5.74) is 0. The Hall–Kier alpha value is -1.59. The van der Waals surface area contributed by atoms with Crippen molar-refractivity contribution >= 4 is 17.9 Å². The number of unbranched alkanes of at least 4 members (excludes halogenated alkanes) is 28. The van der Waals surface area contributed by atoms with Crippen molar-refractivity contribution in [1.82, 2.24) is 0 Å². The van der Waals surface area contributed by atoms with Crippen molar-refractivity contribution in [2.24, 2.45) is 11.8 Å². The molecule has 56 heavy (non-hydrogen) atoms. The largest absolute Gasteiger partial charge is 0.462 e. The van der Waals surface area contributed by atoms with E-state index in [0.717, 1.165) is 76.0 Å². The predicted octanol–water partition coefficient (Wildman–Crippen LogP) is 15.8. The molecule has 0 amide bonds. The molecule has 0 saturated carbocycles. The van der Waals surface area contributed by atoms with E-state index >= 15 is 0 Å². The van der Waals surface area contributed by atoms with E-state index in [0.29, 0.717) is 19.3 Å². The van der Waals surface area contributed by atoms with E-state index in [-0.39, 0.29) is 31.1 Å². The second-order valence-electron chi connectivity index (χ2n) is 17.8. The van der Waals surface area contributed by atoms with Crippen molar-refractivity contribution in [3.63, 3.8) is 0 Å². The second-order valence-corrected chi connectivity index (χ2v) is 17.8. The Labute approximate surface area is 348 Å². The van der Waals surface area contributed by atoms with E-state index in [2.05, 4.69) is 34.6 Å². The zero-order valence-electron chi connectivity index (χ0n) is 38.3. The van der Waals surface area contributed by atoms with E-state index in [1.807, 2.05) is 0 Å². The van der Waals surface area contributed by atoms with Crippen LogP contribution in [-0.4, -0.2) is 37.2 Å². The average molecular weight is 793 g/mol. The van der Waals surface area contributed by atoms with Gasteiger partial charge in [0.15, 0.2) is 6.10 Å². The van der Waals surface area contributed by atoms with Gasteiger partial charge >= 0.3 is 17.9 Å². The van der Waals surface area contributed by atoms with E-state index in [1.165, 1.54) is 154 Å². The van der Waals surface area contributed by atoms with Crippen LogP contribution >= 0.6 is 0 Å². The summed E-state index contributed by atoms with van der Waals surface area (Å²) in [5.74, 6) is 0.839. The molecule has 1 unspecified atom stereocenters. The Morgan fingerprint density at radius 2 is 0.679 bits per heavy atom. The maximum atomic E-state index is 12.5. The minimum Gasteiger partial charge on any atom is -0.462 e. The molecule has 6 heteroatoms. The highest BCUT2D eigenvalue weighted by atomic mass is 16.6. The first kappa shape index (κ1) is 54.4. The molecule has 0 N–H and O–H groups in total. The van der Waals surface area contributed by atoms with Gasteiger partial charge in [-0.25, -0.2) is 0 Å². The lowest BCUT2D eigenvalue weighted by Crippen LogP contribution is -2.30. The first-order valence-electron chi connectivity index (χ1n) is 24.8. The third kappa shape index (κ3) is 42.0. The Kier molecular flexibility index (Phi) is 41.8. The van der Waals surface area contributed by atoms with Gasteiger partial charge in [-0.3, -0.25) is 14.4 Å². The molecule has 0 aliphatic heterocycles. The number of carbonyl (C=O) groups excluding carboxylic acids is 3. The average Bonchev–Trinajstić information content (AvgIpc) is 3.18. The normalized spacial score (nSPS) is 12.5. The molecular weight excluding hydrogens is 697 g/mol. The maximum absolute atomic E-state index is 12.5. The molecule has 2 atom stereocenters. The molecule has 0 aliphatic carbocycles. The molecule has 0 aromatic rings. The third-order valence-electron chi connectivity index (χ3n) is 11.6. The van der Waals surface area contributed by atoms with Crippen molar-refractivity contribution in [3.05, 3.63) is 0 Å². The van der Waals surface area contributed by atoms with Gasteiger partial charge in [0.05, 0.1) is 0 Å². The Balaban J connectivity index is 4.03. The molecule has 0 rings (SSSR count). The number of hydrogen-bond acceptors (Lipinski definition) is 6. The van der Waals surface area contributed by atoms with Gasteiger partial charge in [0.25, 0.3) is 0 Å². The van der Waals surface area contributed by atoms with Crippen LogP contribution in [0.4, 0.5) is 0 Å². The van der Waals surface area contributed by atoms with Crippen LogP contribution in [-0.2, 0) is 28.6 Å². The van der Waals surface area contributed by atoms with Crippen LogP contribution < -0.4 is 0 Å². The van der Waals surface area contributed by atoms with Crippen LogP contribution in [0.2, 0.25) is 0 Å². The molecular formula is C50H96O6. The Morgan fingerprint density at radius 1 is 0.375 bits per heavy atom. The van der Waals surface area contributed by atoms with Gasteiger partial charge in [-0.1, -0.05) is 234 Å². The van der Waals surface area contributed by atoms with Gasteiger partial charge in [-0.05, 0) is 31.1 Å². The highest BCUT2D eigenvalue weighted by Crippen LogP contribution is 2.18. The summed E-state index contributed by atoms with van der Waals surface area (Å²) >= 11 is 0. The van der Waals surface area contributed by atoms with Crippen LogP contribution in [0.15, 0.2) is 0 Å². The molecule has 0 spiro atoms. The molecule has 0 bridgehead atoms. The minimum absolute atomic E-state index is 0.0658. The van der Waals surface area contributed by atoms with Crippen LogP contribution in [0, 0.1) is 11.8 Å². The quantitative estimate of drug-likeness (QED) is 0.0347. The topological polar surface area (TPSA) is 78.9 Å². The van der Waals surface area contributed by atoms with Crippen molar-refractivity contribution in [3.8, 4) is 0 Å². The lowest BCUT2D eigenvalue weighted by molar-refractivity contribution is -0.167. The zero-order chi connectivity index (χ0) is 41.2. The molecule has 0 aromatic heterocycles. The van der Waals surface area contributed by atoms with Gasteiger partial charge in [0.2, 0.25) is 0 Å². The van der Waals surface area contributed by atoms with E-state index < -0.39 is 6.10 Å². The van der Waals surface area contributed by atoms with Crippen molar-refractivity contribution in [2.45, 2.75) is 278 Å². The fraction of sp³-hybridized carbons (Fsp3) is 0.940. The molecule has 0 aromatic carbocycles. The summed E-state index contributed by atoms with van der Waals surface area (Å²) in [6.45, 7) is 11.3. The summed E-state index contributed by atoms with van der Waals surface area (Å²) in [6, 6.07) is 0. The van der Waals surface area contributed by atoms with Crippen LogP contribution in [0.25, 0.3) is 0 Å². The molecule has 0 heterocycles. The van der Waals surface area contributed by atoms with Crippen LogP contribution in [0.3, 0.4) is 0 Å². The fourth-order valence-electron chi connectivity index (χ4n) is 7.43. The van der Waals surface area contributed by atoms with E-state index in [9.17, 15) is 14.4 Å². The smallest absolute Gasteiger partial charge is 0.306 e. The Morgan fingerprint density at radius 3 is 1.02 bits per heavy atom. The van der Waals surface area contributed by atoms with Crippen molar-refractivity contribution in [2.75, 3.05) is 13.2 Å². The highest BCUT2D eigenvalue weighted by molar-refractivity contribution is 5.71. The number of ether oxygens (including phenoxy) is 3. The lowest BCUT2D eigenvalue weighted by atomic mass is 9.99. The van der Waals surface area contributed by atoms with Crippen LogP contribution in [0.5, 0.6) is 0 Å². The second kappa shape index (κ2) is 43.0. The van der Waals surface area contributed by atoms with Gasteiger partial charge < -0.3 is 14.2 Å². The standard InChI is InChI=1S/C50H96O6/c1-6-8-9-28-37-42-50(53)56-47(44-55-49(52)41-36-32-27-23-22-25-30-34-39-46(5)7-2)43-54-48(51)40-35-31-26-21-19-17-15-13-11-10-12-14-16-18-20-24-29-33-38-45(3)4/h45-47H,6-44H2,1-5H3/t46?,47-/m1/s1. The third-order valence-corrected chi connectivity index (χ3v) is 11.6. The SMILES string of the molecule is CCCCCCCC(=O)O[C@H](COC(=O)CCCCCCCCCCCCCCCCCCCCC(C)C)COC(=O)CCCCCCCCCCC(C)CC. The summed E-state index contributed by atoms with van der Waals surface area (Å²) in [7, 11) is 0. The maximum Gasteiger partial charge on any atom is 0.306 e. The number of hydrogen-bond donors (Lipinski definition) is 0. The zero-order valence-corrected chi connectivity index (χ0v) is 38.3. The van der Waals surface area contributed by atoms with Gasteiger partial charge in [0.1, 0.15) is 13.2 Å². The number of rotatable bonds is 44. The highest BCUT2D eigenvalue weighted by Gasteiger charge is 2.19. The summed E-state index contributed by atoms with van der Waals surface area (Å²) in [4.78, 5) is 37.5. The van der Waals surface area contributed by atoms with Gasteiger partial charge in [-0.15, -0.1) is 0 Å². The number of esters is 3. The molecule has 0 aliphatic rings. The molecule has 6 nitrogen and oxygen atoms in total. The summed E-state index contributed by atoms with van der Waals surface area (Å²) in [6.07, 6.45) is 42.7. The lowest BCUT2D eigenvalue weighted by Gasteiger charge is -2.18. The monoisotopic (exact) mass is 793 g/mol. The molecule has 0 fully saturated rings. The first-order valence-corrected chi connectivity index (χ1v) is 24.8. The van der Waals surface area contributed by atoms with Gasteiger partial charge in [-0.2, -0.15) is 0 Å². The predicted molar refractivity (Wildman–Crippen MR) is 238 cm³/mol. The van der Waals surface area contributed by atoms with Crippen LogP contribution in [0.1, 0.15) is 272 Å². The van der Waals surface area contributed by atoms with E-state index in [1.54, 1.807) is 0 Å². The number of carbonyl (C=O) groups is 3. The summed E-state index contributed by atoms with van der Waals surface area (Å²) < 4.78 is 16.6. The molecule has 0 radical (unpaired) electrons. The minimum atomic E-state index is -0.759. The molecule has 332 valence electrons. The Bertz CT molecular complexity index is 856. The van der Waals surface area contributed by atoms with Gasteiger partial charge in [0, 0.05) is 19.3 Å².